The standard InChI is InChI=1S/C17H21NO/c19-13-17(9-3-4-10-17)18-12-14-7-8-15-5-1-2-6-16(15)11-14/h1-2,5-8,11,18-19H,3-4,9-10,12-13H2. The van der Waals surface area contributed by atoms with Gasteiger partial charge in [-0.3, -0.25) is 0 Å². The molecule has 19 heavy (non-hydrogen) atoms. The van der Waals surface area contributed by atoms with Crippen LogP contribution in [0.25, 0.3) is 10.8 Å². The van der Waals surface area contributed by atoms with Crippen molar-refractivity contribution in [3.05, 3.63) is 48.0 Å². The van der Waals surface area contributed by atoms with Crippen molar-refractivity contribution in [3.63, 3.8) is 0 Å². The highest BCUT2D eigenvalue weighted by Crippen LogP contribution is 2.29. The minimum Gasteiger partial charge on any atom is -0.394 e. The highest BCUT2D eigenvalue weighted by Gasteiger charge is 2.32. The van der Waals surface area contributed by atoms with Gasteiger partial charge in [0, 0.05) is 12.1 Å². The van der Waals surface area contributed by atoms with Gasteiger partial charge >= 0.3 is 0 Å². The summed E-state index contributed by atoms with van der Waals surface area (Å²) in [5, 5.41) is 15.7. The van der Waals surface area contributed by atoms with E-state index in [1.165, 1.54) is 29.2 Å². The maximum Gasteiger partial charge on any atom is 0.0613 e. The molecule has 0 aromatic heterocycles. The van der Waals surface area contributed by atoms with Crippen LogP contribution in [0.1, 0.15) is 31.2 Å². The molecule has 2 aromatic rings. The number of nitrogens with one attached hydrogen (secondary N) is 1. The molecule has 100 valence electrons. The minimum atomic E-state index is -0.0361. The van der Waals surface area contributed by atoms with Crippen LogP contribution in [0.3, 0.4) is 0 Å². The molecule has 1 saturated carbocycles. The first-order valence-electron chi connectivity index (χ1n) is 7.15. The number of aliphatic hydroxyl groups excluding tert-OH is 1. The van der Waals surface area contributed by atoms with E-state index < -0.39 is 0 Å². The van der Waals surface area contributed by atoms with Gasteiger partial charge in [-0.05, 0) is 35.2 Å². The summed E-state index contributed by atoms with van der Waals surface area (Å²) in [5.74, 6) is 0. The number of aliphatic hydroxyl groups is 1. The molecule has 2 nitrogen and oxygen atoms in total. The SMILES string of the molecule is OCC1(NCc2ccc3ccccc3c2)CCCC1. The predicted octanol–water partition coefficient (Wildman–Crippen LogP) is 3.23. The van der Waals surface area contributed by atoms with Crippen molar-refractivity contribution < 1.29 is 5.11 Å². The maximum atomic E-state index is 9.60. The molecular weight excluding hydrogens is 234 g/mol. The number of fused-ring (bicyclic) bond motifs is 1. The van der Waals surface area contributed by atoms with Gasteiger partial charge in [0.2, 0.25) is 0 Å². The van der Waals surface area contributed by atoms with Crippen LogP contribution in [-0.4, -0.2) is 17.3 Å². The van der Waals surface area contributed by atoms with Gasteiger partial charge < -0.3 is 10.4 Å². The third-order valence-electron chi connectivity index (χ3n) is 4.34. The second-order valence-electron chi connectivity index (χ2n) is 5.68. The van der Waals surface area contributed by atoms with Crippen molar-refractivity contribution in [2.24, 2.45) is 0 Å². The normalized spacial score (nSPS) is 17.9. The first-order chi connectivity index (χ1) is 9.31. The van der Waals surface area contributed by atoms with Crippen molar-refractivity contribution >= 4 is 10.8 Å². The van der Waals surface area contributed by atoms with Crippen molar-refractivity contribution in [3.8, 4) is 0 Å². The van der Waals surface area contributed by atoms with Gasteiger partial charge in [0.05, 0.1) is 6.61 Å². The van der Waals surface area contributed by atoms with Crippen LogP contribution >= 0.6 is 0 Å². The van der Waals surface area contributed by atoms with Crippen molar-refractivity contribution in [1.82, 2.24) is 5.32 Å². The molecule has 2 heteroatoms. The zero-order chi connectivity index (χ0) is 13.1. The van der Waals surface area contributed by atoms with E-state index in [0.717, 1.165) is 19.4 Å². The molecule has 3 rings (SSSR count). The van der Waals surface area contributed by atoms with E-state index in [2.05, 4.69) is 47.8 Å². The summed E-state index contributed by atoms with van der Waals surface area (Å²) in [5.41, 5.74) is 1.25. The lowest BCUT2D eigenvalue weighted by Gasteiger charge is -2.28. The molecule has 1 aliphatic carbocycles. The quantitative estimate of drug-likeness (QED) is 0.879. The van der Waals surface area contributed by atoms with Crippen LogP contribution in [0.15, 0.2) is 42.5 Å². The fourth-order valence-corrected chi connectivity index (χ4v) is 3.08. The number of hydrogen-bond acceptors (Lipinski definition) is 2. The van der Waals surface area contributed by atoms with E-state index in [0.29, 0.717) is 0 Å². The zero-order valence-electron chi connectivity index (χ0n) is 11.2. The van der Waals surface area contributed by atoms with E-state index in [9.17, 15) is 5.11 Å². The molecule has 1 aliphatic rings. The summed E-state index contributed by atoms with van der Waals surface area (Å²) in [6.07, 6.45) is 4.64. The van der Waals surface area contributed by atoms with Crippen LogP contribution in [0.2, 0.25) is 0 Å². The molecule has 0 spiro atoms. The minimum absolute atomic E-state index is 0.0361. The Kier molecular flexibility index (Phi) is 3.54. The Labute approximate surface area is 114 Å². The topological polar surface area (TPSA) is 32.3 Å². The Hall–Kier alpha value is -1.38. The molecule has 2 N–H and O–H groups in total. The molecule has 0 aliphatic heterocycles. The van der Waals surface area contributed by atoms with E-state index >= 15 is 0 Å². The fourth-order valence-electron chi connectivity index (χ4n) is 3.08. The van der Waals surface area contributed by atoms with Gasteiger partial charge in [-0.1, -0.05) is 49.2 Å². The van der Waals surface area contributed by atoms with Gasteiger partial charge in [-0.2, -0.15) is 0 Å². The van der Waals surface area contributed by atoms with Crippen molar-refractivity contribution in [1.29, 1.82) is 0 Å². The van der Waals surface area contributed by atoms with Crippen LogP contribution in [0, 0.1) is 0 Å². The lowest BCUT2D eigenvalue weighted by atomic mass is 9.98. The Balaban J connectivity index is 1.74. The lowest BCUT2D eigenvalue weighted by Crippen LogP contribution is -2.45. The number of rotatable bonds is 4. The first-order valence-corrected chi connectivity index (χ1v) is 7.15. The molecule has 0 radical (unpaired) electrons. The first kappa shape index (κ1) is 12.6. The van der Waals surface area contributed by atoms with E-state index in [1.54, 1.807) is 0 Å². The summed E-state index contributed by atoms with van der Waals surface area (Å²) < 4.78 is 0. The second kappa shape index (κ2) is 5.32. The molecule has 0 unspecified atom stereocenters. The summed E-state index contributed by atoms with van der Waals surface area (Å²) in [6, 6.07) is 15.0. The van der Waals surface area contributed by atoms with Gasteiger partial charge in [0.25, 0.3) is 0 Å². The highest BCUT2D eigenvalue weighted by atomic mass is 16.3. The largest absolute Gasteiger partial charge is 0.394 e. The molecule has 0 atom stereocenters. The fraction of sp³-hybridized carbons (Fsp3) is 0.412. The zero-order valence-corrected chi connectivity index (χ0v) is 11.2. The van der Waals surface area contributed by atoms with E-state index in [1.807, 2.05) is 0 Å². The third kappa shape index (κ3) is 2.65. The molecule has 0 saturated heterocycles. The average Bonchev–Trinajstić information content (AvgIpc) is 2.94. The number of hydrogen-bond donors (Lipinski definition) is 2. The van der Waals surface area contributed by atoms with E-state index in [-0.39, 0.29) is 12.1 Å². The van der Waals surface area contributed by atoms with Gasteiger partial charge in [0.15, 0.2) is 0 Å². The van der Waals surface area contributed by atoms with Crippen LogP contribution < -0.4 is 5.32 Å². The Morgan fingerprint density at radius 1 is 1.00 bits per heavy atom. The molecule has 2 aromatic carbocycles. The molecule has 0 heterocycles. The highest BCUT2D eigenvalue weighted by molar-refractivity contribution is 5.82. The van der Waals surface area contributed by atoms with Gasteiger partial charge in [-0.15, -0.1) is 0 Å². The third-order valence-corrected chi connectivity index (χ3v) is 4.34. The average molecular weight is 255 g/mol. The Morgan fingerprint density at radius 3 is 2.47 bits per heavy atom. The second-order valence-corrected chi connectivity index (χ2v) is 5.68. The van der Waals surface area contributed by atoms with Crippen LogP contribution in [-0.2, 0) is 6.54 Å². The number of benzene rings is 2. The van der Waals surface area contributed by atoms with Gasteiger partial charge in [-0.25, -0.2) is 0 Å². The van der Waals surface area contributed by atoms with Crippen LogP contribution in [0.5, 0.6) is 0 Å². The lowest BCUT2D eigenvalue weighted by molar-refractivity contribution is 0.163. The Bertz CT molecular complexity index is 558. The molecule has 0 amide bonds. The summed E-state index contributed by atoms with van der Waals surface area (Å²) in [6.45, 7) is 1.09. The van der Waals surface area contributed by atoms with Crippen molar-refractivity contribution in [2.45, 2.75) is 37.8 Å². The summed E-state index contributed by atoms with van der Waals surface area (Å²) in [7, 11) is 0. The molecular formula is C17H21NO. The Morgan fingerprint density at radius 2 is 1.74 bits per heavy atom. The van der Waals surface area contributed by atoms with Gasteiger partial charge in [0.1, 0.15) is 0 Å². The summed E-state index contributed by atoms with van der Waals surface area (Å²) >= 11 is 0. The van der Waals surface area contributed by atoms with E-state index in [4.69, 9.17) is 0 Å². The van der Waals surface area contributed by atoms with Crippen molar-refractivity contribution in [2.75, 3.05) is 6.61 Å². The maximum absolute atomic E-state index is 9.60. The molecule has 1 fully saturated rings. The summed E-state index contributed by atoms with van der Waals surface area (Å²) in [4.78, 5) is 0. The monoisotopic (exact) mass is 255 g/mol. The predicted molar refractivity (Wildman–Crippen MR) is 79.1 cm³/mol. The molecule has 0 bridgehead atoms. The smallest absolute Gasteiger partial charge is 0.0613 e. The van der Waals surface area contributed by atoms with Crippen LogP contribution in [0.4, 0.5) is 0 Å².